The van der Waals surface area contributed by atoms with Gasteiger partial charge in [0, 0.05) is 11.1 Å². The molecule has 0 unspecified atom stereocenters. The maximum absolute atomic E-state index is 9.66. The van der Waals surface area contributed by atoms with Gasteiger partial charge in [0.05, 0.1) is 5.71 Å². The Kier molecular flexibility index (Phi) is 2.73. The summed E-state index contributed by atoms with van der Waals surface area (Å²) in [4.78, 5) is 0. The molecule has 0 aliphatic carbocycles. The maximum Gasteiger partial charge on any atom is 0.124 e. The summed E-state index contributed by atoms with van der Waals surface area (Å²) >= 11 is 0. The van der Waals surface area contributed by atoms with Gasteiger partial charge in [0.25, 0.3) is 0 Å². The van der Waals surface area contributed by atoms with Crippen molar-refractivity contribution in [3.8, 4) is 5.75 Å². The van der Waals surface area contributed by atoms with Crippen LogP contribution in [0.5, 0.6) is 5.75 Å². The number of nitrogens with one attached hydrogen (secondary N) is 1. The first-order valence-electron chi connectivity index (χ1n) is 5.12. The number of hydrogen-bond acceptors (Lipinski definition) is 2. The van der Waals surface area contributed by atoms with Crippen molar-refractivity contribution in [1.82, 2.24) is 0 Å². The van der Waals surface area contributed by atoms with E-state index in [0.29, 0.717) is 11.3 Å². The summed E-state index contributed by atoms with van der Waals surface area (Å²) in [6.07, 6.45) is 0. The van der Waals surface area contributed by atoms with Crippen molar-refractivity contribution >= 4 is 5.71 Å². The lowest BCUT2D eigenvalue weighted by molar-refractivity contribution is 0.474. The van der Waals surface area contributed by atoms with Crippen LogP contribution >= 0.6 is 0 Å². The molecule has 0 radical (unpaired) electrons. The van der Waals surface area contributed by atoms with Crippen LogP contribution in [0.25, 0.3) is 0 Å². The summed E-state index contributed by atoms with van der Waals surface area (Å²) in [7, 11) is 0. The van der Waals surface area contributed by atoms with Crippen molar-refractivity contribution in [2.75, 3.05) is 0 Å². The standard InChI is InChI=1S/C14H13NO/c1-10-6-8-11(9-7-10)14(15)12-4-2-3-5-13(12)16/h2-9,15-16H,1H3. The first-order valence-corrected chi connectivity index (χ1v) is 5.12. The maximum atomic E-state index is 9.66. The smallest absolute Gasteiger partial charge is 0.124 e. The third-order valence-electron chi connectivity index (χ3n) is 2.51. The Balaban J connectivity index is 2.40. The fraction of sp³-hybridized carbons (Fsp3) is 0.0714. The summed E-state index contributed by atoms with van der Waals surface area (Å²) in [5.74, 6) is 0.146. The number of phenols is 1. The summed E-state index contributed by atoms with van der Waals surface area (Å²) in [5.41, 5.74) is 2.88. The molecule has 0 fully saturated rings. The monoisotopic (exact) mass is 211 g/mol. The molecule has 0 bridgehead atoms. The van der Waals surface area contributed by atoms with Gasteiger partial charge in [-0.15, -0.1) is 0 Å². The van der Waals surface area contributed by atoms with E-state index in [0.717, 1.165) is 11.1 Å². The summed E-state index contributed by atoms with van der Waals surface area (Å²) in [6.45, 7) is 2.01. The Bertz CT molecular complexity index is 515. The summed E-state index contributed by atoms with van der Waals surface area (Å²) < 4.78 is 0. The van der Waals surface area contributed by atoms with Crippen LogP contribution in [-0.2, 0) is 0 Å². The molecule has 2 N–H and O–H groups in total. The Hall–Kier alpha value is -2.09. The van der Waals surface area contributed by atoms with Crippen molar-refractivity contribution in [3.63, 3.8) is 0 Å². The molecule has 0 saturated carbocycles. The van der Waals surface area contributed by atoms with Gasteiger partial charge in [0.15, 0.2) is 0 Å². The van der Waals surface area contributed by atoms with Gasteiger partial charge in [-0.25, -0.2) is 0 Å². The topological polar surface area (TPSA) is 44.1 Å². The molecule has 0 amide bonds. The second-order valence-electron chi connectivity index (χ2n) is 3.76. The molecule has 0 atom stereocenters. The van der Waals surface area contributed by atoms with Gasteiger partial charge in [-0.2, -0.15) is 0 Å². The molecule has 16 heavy (non-hydrogen) atoms. The van der Waals surface area contributed by atoms with E-state index in [2.05, 4.69) is 0 Å². The summed E-state index contributed by atoms with van der Waals surface area (Å²) in [5, 5.41) is 17.7. The lowest BCUT2D eigenvalue weighted by atomic mass is 10.0. The number of para-hydroxylation sites is 1. The van der Waals surface area contributed by atoms with E-state index in [1.54, 1.807) is 18.2 Å². The molecule has 2 aromatic rings. The first kappa shape index (κ1) is 10.4. The fourth-order valence-corrected chi connectivity index (χ4v) is 1.56. The third-order valence-corrected chi connectivity index (χ3v) is 2.51. The number of aromatic hydroxyl groups is 1. The Morgan fingerprint density at radius 2 is 1.62 bits per heavy atom. The minimum absolute atomic E-state index is 0.146. The average molecular weight is 211 g/mol. The molecule has 80 valence electrons. The zero-order valence-corrected chi connectivity index (χ0v) is 9.07. The van der Waals surface area contributed by atoms with E-state index >= 15 is 0 Å². The highest BCUT2D eigenvalue weighted by atomic mass is 16.3. The van der Waals surface area contributed by atoms with Crippen molar-refractivity contribution < 1.29 is 5.11 Å². The van der Waals surface area contributed by atoms with Crippen molar-refractivity contribution in [1.29, 1.82) is 5.41 Å². The minimum atomic E-state index is 0.146. The van der Waals surface area contributed by atoms with Crippen molar-refractivity contribution in [2.45, 2.75) is 6.92 Å². The van der Waals surface area contributed by atoms with Gasteiger partial charge in [-0.1, -0.05) is 42.0 Å². The lowest BCUT2D eigenvalue weighted by Gasteiger charge is -2.06. The van der Waals surface area contributed by atoms with E-state index in [9.17, 15) is 5.11 Å². The van der Waals surface area contributed by atoms with E-state index < -0.39 is 0 Å². The quantitative estimate of drug-likeness (QED) is 0.736. The largest absolute Gasteiger partial charge is 0.507 e. The van der Waals surface area contributed by atoms with E-state index in [1.165, 1.54) is 0 Å². The first-order chi connectivity index (χ1) is 7.68. The normalized spacial score (nSPS) is 10.1. The van der Waals surface area contributed by atoms with Gasteiger partial charge in [-0.05, 0) is 19.1 Å². The number of aryl methyl sites for hydroxylation is 1. The molecule has 2 rings (SSSR count). The predicted molar refractivity (Wildman–Crippen MR) is 65.2 cm³/mol. The molecular weight excluding hydrogens is 198 g/mol. The zero-order valence-electron chi connectivity index (χ0n) is 9.07. The molecule has 2 aromatic carbocycles. The molecular formula is C14H13NO. The molecule has 0 spiro atoms. The van der Waals surface area contributed by atoms with Gasteiger partial charge in [-0.3, -0.25) is 5.41 Å². The van der Waals surface area contributed by atoms with E-state index in [4.69, 9.17) is 5.41 Å². The molecule has 2 nitrogen and oxygen atoms in total. The highest BCUT2D eigenvalue weighted by Crippen LogP contribution is 2.19. The third kappa shape index (κ3) is 1.96. The van der Waals surface area contributed by atoms with Gasteiger partial charge in [0.1, 0.15) is 5.75 Å². The SMILES string of the molecule is Cc1ccc(C(=N)c2ccccc2O)cc1. The minimum Gasteiger partial charge on any atom is -0.507 e. The van der Waals surface area contributed by atoms with Crippen LogP contribution in [0.15, 0.2) is 48.5 Å². The molecule has 0 saturated heterocycles. The molecule has 0 aliphatic heterocycles. The predicted octanol–water partition coefficient (Wildman–Crippen LogP) is 3.12. The van der Waals surface area contributed by atoms with Gasteiger partial charge >= 0.3 is 0 Å². The van der Waals surface area contributed by atoms with Crippen LogP contribution in [0, 0.1) is 12.3 Å². The number of phenolic OH excluding ortho intramolecular Hbond substituents is 1. The van der Waals surface area contributed by atoms with Crippen LogP contribution < -0.4 is 0 Å². The van der Waals surface area contributed by atoms with Crippen LogP contribution in [0.4, 0.5) is 0 Å². The second kappa shape index (κ2) is 4.19. The Morgan fingerprint density at radius 1 is 1.00 bits per heavy atom. The summed E-state index contributed by atoms with van der Waals surface area (Å²) in [6, 6.07) is 14.6. The van der Waals surface area contributed by atoms with Gasteiger partial charge < -0.3 is 5.11 Å². The molecule has 2 heteroatoms. The highest BCUT2D eigenvalue weighted by Gasteiger charge is 2.08. The number of benzene rings is 2. The van der Waals surface area contributed by atoms with Crippen LogP contribution in [-0.4, -0.2) is 10.8 Å². The van der Waals surface area contributed by atoms with Crippen molar-refractivity contribution in [3.05, 3.63) is 65.2 Å². The molecule has 0 heterocycles. The van der Waals surface area contributed by atoms with Crippen LogP contribution in [0.1, 0.15) is 16.7 Å². The average Bonchev–Trinajstić information content (AvgIpc) is 2.30. The number of hydrogen-bond donors (Lipinski definition) is 2. The molecule has 0 aliphatic rings. The number of rotatable bonds is 2. The highest BCUT2D eigenvalue weighted by molar-refractivity contribution is 6.12. The van der Waals surface area contributed by atoms with E-state index in [1.807, 2.05) is 37.3 Å². The van der Waals surface area contributed by atoms with Crippen molar-refractivity contribution in [2.24, 2.45) is 0 Å². The van der Waals surface area contributed by atoms with Crippen LogP contribution in [0.2, 0.25) is 0 Å². The Morgan fingerprint density at radius 3 is 2.25 bits per heavy atom. The Labute approximate surface area is 94.7 Å². The fourth-order valence-electron chi connectivity index (χ4n) is 1.56. The lowest BCUT2D eigenvalue weighted by Crippen LogP contribution is -2.01. The van der Waals surface area contributed by atoms with Gasteiger partial charge in [0.2, 0.25) is 0 Å². The van der Waals surface area contributed by atoms with Crippen LogP contribution in [0.3, 0.4) is 0 Å². The molecule has 0 aromatic heterocycles. The zero-order chi connectivity index (χ0) is 11.5. The second-order valence-corrected chi connectivity index (χ2v) is 3.76. The van der Waals surface area contributed by atoms with E-state index in [-0.39, 0.29) is 5.75 Å².